The van der Waals surface area contributed by atoms with E-state index in [9.17, 15) is 13.0 Å². The number of azide groups is 2. The van der Waals surface area contributed by atoms with Gasteiger partial charge in [0, 0.05) is 68.5 Å². The molecule has 0 saturated heterocycles. The van der Waals surface area contributed by atoms with Gasteiger partial charge < -0.3 is 9.73 Å². The Bertz CT molecular complexity index is 2590. The van der Waals surface area contributed by atoms with Gasteiger partial charge in [-0.1, -0.05) is 99.4 Å². The van der Waals surface area contributed by atoms with E-state index in [-0.39, 0.29) is 29.8 Å². The molecule has 0 amide bonds. The summed E-state index contributed by atoms with van der Waals surface area (Å²) in [6, 6.07) is 29.7. The third-order valence-electron chi connectivity index (χ3n) is 9.72. The Morgan fingerprint density at radius 2 is 1.44 bits per heavy atom. The second kappa shape index (κ2) is 16.5. The van der Waals surface area contributed by atoms with Gasteiger partial charge in [-0.2, -0.15) is 8.42 Å². The number of benzene rings is 5. The van der Waals surface area contributed by atoms with Gasteiger partial charge >= 0.3 is 0 Å². The molecule has 2 N–H and O–H groups in total. The highest BCUT2D eigenvalue weighted by atomic mass is 32.2. The van der Waals surface area contributed by atoms with Gasteiger partial charge in [-0.15, -0.1) is 0 Å². The van der Waals surface area contributed by atoms with Crippen LogP contribution in [0, 0.1) is 0 Å². The number of fused-ring (bicyclic) bond motifs is 2. The summed E-state index contributed by atoms with van der Waals surface area (Å²) in [5, 5.41) is 12.4. The zero-order valence-electron chi connectivity index (χ0n) is 31.3. The van der Waals surface area contributed by atoms with E-state index in [1.165, 1.54) is 17.2 Å². The van der Waals surface area contributed by atoms with E-state index in [2.05, 4.69) is 71.3 Å². The van der Waals surface area contributed by atoms with Gasteiger partial charge in [-0.25, -0.2) is 4.99 Å². The highest BCUT2D eigenvalue weighted by Crippen LogP contribution is 2.44. The van der Waals surface area contributed by atoms with Crippen LogP contribution in [0.4, 0.5) is 17.1 Å². The summed E-state index contributed by atoms with van der Waals surface area (Å²) < 4.78 is 42.4. The molecule has 0 radical (unpaired) electrons. The molecular weight excluding hydrogens is 713 g/mol. The highest BCUT2D eigenvalue weighted by Gasteiger charge is 2.24. The lowest BCUT2D eigenvalue weighted by molar-refractivity contribution is 0.483. The van der Waals surface area contributed by atoms with E-state index in [0.29, 0.717) is 50.9 Å². The normalized spacial score (nSPS) is 12.5. The minimum atomic E-state index is -4.60. The number of nitrogens with one attached hydrogen (secondary N) is 1. The molecule has 0 saturated carbocycles. The van der Waals surface area contributed by atoms with Crippen molar-refractivity contribution < 1.29 is 17.4 Å². The number of nitrogens with zero attached hydrogens (tertiary/aromatic N) is 7. The summed E-state index contributed by atoms with van der Waals surface area (Å²) in [6.45, 7) is 10.8. The molecule has 280 valence electrons. The monoisotopic (exact) mass is 754 g/mol. The maximum Gasteiger partial charge on any atom is 0.295 e. The SMILES string of the molecule is CCc1cccc(C(CN=[N+]=[N-])CN=[N+]=[N-])c1N=c1ccc2c(-c3ccccc3S(=O)(=O)O)c3ccc(Nc4c(C(C)C)cccc4C(C)C)cc3oc-2c1. The summed E-state index contributed by atoms with van der Waals surface area (Å²) in [7, 11) is -4.60. The molecule has 0 atom stereocenters. The Morgan fingerprint density at radius 1 is 0.782 bits per heavy atom. The largest absolute Gasteiger partial charge is 0.456 e. The first-order valence-electron chi connectivity index (χ1n) is 18.1. The quantitative estimate of drug-likeness (QED) is 0.0389. The van der Waals surface area contributed by atoms with Crippen LogP contribution in [0.15, 0.2) is 122 Å². The van der Waals surface area contributed by atoms with E-state index >= 15 is 0 Å². The topological polar surface area (TPSA) is 189 Å². The number of para-hydroxylation sites is 2. The van der Waals surface area contributed by atoms with E-state index in [1.54, 1.807) is 24.3 Å². The van der Waals surface area contributed by atoms with Crippen LogP contribution in [-0.4, -0.2) is 26.1 Å². The van der Waals surface area contributed by atoms with Crippen LogP contribution in [0.25, 0.3) is 54.3 Å². The molecule has 0 bridgehead atoms. The van der Waals surface area contributed by atoms with Gasteiger partial charge in [-0.05, 0) is 87.8 Å². The van der Waals surface area contributed by atoms with E-state index in [1.807, 2.05) is 55.5 Å². The number of hydrogen-bond acceptors (Lipinski definition) is 7. The number of hydrogen-bond donors (Lipinski definition) is 2. The van der Waals surface area contributed by atoms with Crippen LogP contribution in [0.5, 0.6) is 0 Å². The van der Waals surface area contributed by atoms with Crippen LogP contribution < -0.4 is 10.7 Å². The maximum atomic E-state index is 12.7. The predicted molar refractivity (Wildman–Crippen MR) is 218 cm³/mol. The lowest BCUT2D eigenvalue weighted by Crippen LogP contribution is -2.09. The second-order valence-electron chi connectivity index (χ2n) is 13.9. The maximum absolute atomic E-state index is 12.7. The van der Waals surface area contributed by atoms with Crippen molar-refractivity contribution in [2.75, 3.05) is 18.4 Å². The van der Waals surface area contributed by atoms with Gasteiger partial charge in [0.2, 0.25) is 0 Å². The Kier molecular flexibility index (Phi) is 11.6. The molecular formula is C42H42N8O4S. The molecule has 1 aliphatic heterocycles. The van der Waals surface area contributed by atoms with Crippen LogP contribution in [0.2, 0.25) is 0 Å². The summed E-state index contributed by atoms with van der Waals surface area (Å²) >= 11 is 0. The molecule has 1 aliphatic carbocycles. The fraction of sp³-hybridized carbons (Fsp3) is 0.262. The number of rotatable bonds is 13. The first-order chi connectivity index (χ1) is 26.4. The third kappa shape index (κ3) is 8.21. The second-order valence-corrected chi connectivity index (χ2v) is 15.3. The average molecular weight is 755 g/mol. The smallest absolute Gasteiger partial charge is 0.295 e. The van der Waals surface area contributed by atoms with Crippen molar-refractivity contribution in [1.29, 1.82) is 0 Å². The fourth-order valence-corrected chi connectivity index (χ4v) is 7.77. The Morgan fingerprint density at radius 3 is 2.07 bits per heavy atom. The molecule has 0 fully saturated rings. The minimum Gasteiger partial charge on any atom is -0.456 e. The van der Waals surface area contributed by atoms with Crippen molar-refractivity contribution >= 4 is 38.1 Å². The molecule has 0 aromatic heterocycles. The molecule has 0 unspecified atom stereocenters. The molecule has 4 aromatic rings. The van der Waals surface area contributed by atoms with Gasteiger partial charge in [0.25, 0.3) is 10.1 Å². The molecule has 13 heteroatoms. The minimum absolute atomic E-state index is 0.0808. The molecule has 2 aliphatic rings. The molecule has 4 aromatic carbocycles. The predicted octanol–water partition coefficient (Wildman–Crippen LogP) is 11.9. The fourth-order valence-electron chi connectivity index (χ4n) is 7.07. The van der Waals surface area contributed by atoms with E-state index in [4.69, 9.17) is 20.5 Å². The van der Waals surface area contributed by atoms with Crippen LogP contribution in [-0.2, 0) is 16.5 Å². The first kappa shape index (κ1) is 38.6. The summed E-state index contributed by atoms with van der Waals surface area (Å²) in [5.41, 5.74) is 26.7. The average Bonchev–Trinajstić information content (AvgIpc) is 3.16. The zero-order chi connectivity index (χ0) is 39.3. The standard InChI is InChI=1S/C42H42N8O4S/c1-6-27-11-9-15-33(28(23-45-49-43)24-46-50-44)41(27)47-29-17-19-34-37(21-29)54-38-22-30(48-42-31(25(2)3)13-10-14-32(42)26(4)5)18-20-35(38)40(34)36-12-7-8-16-39(36)55(51,52)53/h7-22,25-26,28,48H,6,23-24H2,1-5H3,(H,51,52,53). The van der Waals surface area contributed by atoms with Crippen LogP contribution in [0.3, 0.4) is 0 Å². The van der Waals surface area contributed by atoms with Crippen molar-refractivity contribution in [2.24, 2.45) is 15.2 Å². The molecule has 55 heavy (non-hydrogen) atoms. The van der Waals surface area contributed by atoms with Crippen molar-refractivity contribution in [3.8, 4) is 22.5 Å². The van der Waals surface area contributed by atoms with Crippen LogP contribution in [0.1, 0.15) is 74.6 Å². The van der Waals surface area contributed by atoms with Gasteiger partial charge in [0.05, 0.1) is 11.0 Å². The van der Waals surface area contributed by atoms with Crippen molar-refractivity contribution in [3.05, 3.63) is 146 Å². The van der Waals surface area contributed by atoms with Crippen LogP contribution >= 0.6 is 0 Å². The first-order valence-corrected chi connectivity index (χ1v) is 19.5. The molecule has 0 spiro atoms. The summed E-state index contributed by atoms with van der Waals surface area (Å²) in [6.07, 6.45) is 0.663. The van der Waals surface area contributed by atoms with Gasteiger partial charge in [0.15, 0.2) is 0 Å². The summed E-state index contributed by atoms with van der Waals surface area (Å²) in [4.78, 5) is 10.7. The lowest BCUT2D eigenvalue weighted by Gasteiger charge is -2.22. The third-order valence-corrected chi connectivity index (χ3v) is 10.6. The number of aryl methyl sites for hydroxylation is 1. The Labute approximate surface area is 319 Å². The van der Waals surface area contributed by atoms with Crippen molar-refractivity contribution in [1.82, 2.24) is 0 Å². The lowest BCUT2D eigenvalue weighted by atomic mass is 9.92. The molecule has 6 rings (SSSR count). The Balaban J connectivity index is 1.62. The number of anilines is 2. The van der Waals surface area contributed by atoms with E-state index in [0.717, 1.165) is 22.5 Å². The van der Waals surface area contributed by atoms with Gasteiger partial charge in [0.1, 0.15) is 16.2 Å². The van der Waals surface area contributed by atoms with Gasteiger partial charge in [-0.3, -0.25) is 4.55 Å². The summed E-state index contributed by atoms with van der Waals surface area (Å²) in [5.74, 6) is 0.574. The molecule has 12 nitrogen and oxygen atoms in total. The van der Waals surface area contributed by atoms with Crippen molar-refractivity contribution in [2.45, 2.75) is 63.7 Å². The Hall–Kier alpha value is -6.10. The molecule has 1 heterocycles. The highest BCUT2D eigenvalue weighted by molar-refractivity contribution is 7.86. The zero-order valence-corrected chi connectivity index (χ0v) is 32.1. The van der Waals surface area contributed by atoms with Crippen molar-refractivity contribution in [3.63, 3.8) is 0 Å². The van der Waals surface area contributed by atoms with E-state index < -0.39 is 16.0 Å².